The van der Waals surface area contributed by atoms with Gasteiger partial charge in [-0.3, -0.25) is 9.59 Å². The molecule has 0 unspecified atom stereocenters. The van der Waals surface area contributed by atoms with E-state index in [0.29, 0.717) is 21.4 Å². The third-order valence-corrected chi connectivity index (χ3v) is 6.27. The van der Waals surface area contributed by atoms with Gasteiger partial charge in [0.1, 0.15) is 16.4 Å². The molecule has 2 amide bonds. The smallest absolute Gasteiger partial charge is 0.265 e. The molecule has 0 saturated carbocycles. The monoisotopic (exact) mass is 456 g/mol. The zero-order valence-corrected chi connectivity index (χ0v) is 18.1. The number of hydrogen-bond donors (Lipinski definition) is 3. The molecule has 31 heavy (non-hydrogen) atoms. The van der Waals surface area contributed by atoms with Crippen molar-refractivity contribution in [2.45, 2.75) is 6.92 Å². The summed E-state index contributed by atoms with van der Waals surface area (Å²) in [6, 6.07) is 13.3. The largest absolute Gasteiger partial charge is 0.495 e. The van der Waals surface area contributed by atoms with Crippen molar-refractivity contribution in [3.8, 4) is 5.75 Å². The number of fused-ring (bicyclic) bond motifs is 1. The lowest BCUT2D eigenvalue weighted by atomic mass is 10.2. The fourth-order valence-corrected chi connectivity index (χ4v) is 4.87. The molecule has 0 bridgehead atoms. The van der Waals surface area contributed by atoms with Crippen LogP contribution in [0.25, 0.3) is 9.53 Å². The van der Waals surface area contributed by atoms with E-state index in [2.05, 4.69) is 20.9 Å². The summed E-state index contributed by atoms with van der Waals surface area (Å²) >= 11 is 2.68. The SMILES string of the molecule is COc1ccccc1Nc1nc2sc(C(=O)Nc3ccc(F)c(NC(C)=O)c3)cc2s1. The van der Waals surface area contributed by atoms with Crippen LogP contribution in [0.2, 0.25) is 0 Å². The van der Waals surface area contributed by atoms with Crippen LogP contribution in [-0.4, -0.2) is 23.9 Å². The van der Waals surface area contributed by atoms with E-state index in [9.17, 15) is 14.0 Å². The number of hydrogen-bond acceptors (Lipinski definition) is 7. The summed E-state index contributed by atoms with van der Waals surface area (Å²) < 4.78 is 20.0. The summed E-state index contributed by atoms with van der Waals surface area (Å²) in [7, 11) is 1.60. The number of para-hydroxylation sites is 2. The lowest BCUT2D eigenvalue weighted by molar-refractivity contribution is -0.114. The fourth-order valence-electron chi connectivity index (χ4n) is 2.84. The number of halogens is 1. The van der Waals surface area contributed by atoms with E-state index >= 15 is 0 Å². The van der Waals surface area contributed by atoms with Crippen LogP contribution in [0.1, 0.15) is 16.6 Å². The van der Waals surface area contributed by atoms with Crippen LogP contribution < -0.4 is 20.7 Å². The number of aromatic nitrogens is 1. The number of ether oxygens (including phenoxy) is 1. The standard InChI is InChI=1S/C21H17FN4O3S2/c1-11(27)23-15-9-12(7-8-13(15)22)24-19(28)17-10-18-20(30-17)26-21(31-18)25-14-5-3-4-6-16(14)29-2/h3-10H,1-2H3,(H,23,27)(H,24,28)(H,25,26). The molecule has 2 aromatic carbocycles. The molecule has 0 aliphatic heterocycles. The third kappa shape index (κ3) is 4.65. The van der Waals surface area contributed by atoms with Crippen molar-refractivity contribution >= 4 is 66.2 Å². The minimum atomic E-state index is -0.580. The molecule has 0 fully saturated rings. The lowest BCUT2D eigenvalue weighted by Crippen LogP contribution is -2.12. The van der Waals surface area contributed by atoms with Crippen molar-refractivity contribution in [3.63, 3.8) is 0 Å². The maximum Gasteiger partial charge on any atom is 0.265 e. The van der Waals surface area contributed by atoms with Crippen molar-refractivity contribution < 1.29 is 18.7 Å². The molecule has 7 nitrogen and oxygen atoms in total. The molecule has 0 aliphatic rings. The van der Waals surface area contributed by atoms with Gasteiger partial charge in [0.15, 0.2) is 5.13 Å². The summed E-state index contributed by atoms with van der Waals surface area (Å²) in [6.45, 7) is 1.28. The van der Waals surface area contributed by atoms with Crippen molar-refractivity contribution in [1.82, 2.24) is 4.98 Å². The highest BCUT2D eigenvalue weighted by Crippen LogP contribution is 2.36. The summed E-state index contributed by atoms with van der Waals surface area (Å²) in [5.41, 5.74) is 1.18. The van der Waals surface area contributed by atoms with E-state index in [-0.39, 0.29) is 11.6 Å². The van der Waals surface area contributed by atoms with E-state index in [1.54, 1.807) is 13.2 Å². The molecule has 2 heterocycles. The molecule has 10 heteroatoms. The second-order valence-electron chi connectivity index (χ2n) is 6.45. The lowest BCUT2D eigenvalue weighted by Gasteiger charge is -2.08. The average Bonchev–Trinajstić information content (AvgIpc) is 3.29. The number of nitrogens with zero attached hydrogens (tertiary/aromatic N) is 1. The van der Waals surface area contributed by atoms with Crippen LogP contribution in [0, 0.1) is 5.82 Å². The van der Waals surface area contributed by atoms with Crippen molar-refractivity contribution in [1.29, 1.82) is 0 Å². The van der Waals surface area contributed by atoms with Gasteiger partial charge in [-0.1, -0.05) is 23.5 Å². The quantitative estimate of drug-likeness (QED) is 0.358. The van der Waals surface area contributed by atoms with Crippen LogP contribution in [0.4, 0.5) is 26.6 Å². The number of carbonyl (C=O) groups is 2. The van der Waals surface area contributed by atoms with Crippen LogP contribution in [0.15, 0.2) is 48.5 Å². The fraction of sp³-hybridized carbons (Fsp3) is 0.0952. The van der Waals surface area contributed by atoms with Gasteiger partial charge in [0, 0.05) is 12.6 Å². The predicted molar refractivity (Wildman–Crippen MR) is 122 cm³/mol. The predicted octanol–water partition coefficient (Wildman–Crippen LogP) is 5.46. The molecule has 3 N–H and O–H groups in total. The Morgan fingerprint density at radius 2 is 1.84 bits per heavy atom. The maximum atomic E-state index is 13.8. The van der Waals surface area contributed by atoms with Crippen molar-refractivity contribution in [3.05, 3.63) is 59.2 Å². The number of thiophene rings is 1. The summed E-state index contributed by atoms with van der Waals surface area (Å²) in [4.78, 5) is 29.6. The number of anilines is 4. The van der Waals surface area contributed by atoms with Crippen LogP contribution in [0.5, 0.6) is 5.75 Å². The number of carbonyl (C=O) groups excluding carboxylic acids is 2. The second-order valence-corrected chi connectivity index (χ2v) is 8.52. The van der Waals surface area contributed by atoms with Gasteiger partial charge in [0.2, 0.25) is 5.91 Å². The highest BCUT2D eigenvalue weighted by Gasteiger charge is 2.16. The molecule has 2 aromatic heterocycles. The number of benzene rings is 2. The first-order chi connectivity index (χ1) is 14.9. The van der Waals surface area contributed by atoms with Crippen LogP contribution in [0.3, 0.4) is 0 Å². The van der Waals surface area contributed by atoms with Crippen molar-refractivity contribution in [2.24, 2.45) is 0 Å². The average molecular weight is 457 g/mol. The highest BCUT2D eigenvalue weighted by molar-refractivity contribution is 7.29. The Balaban J connectivity index is 1.50. The third-order valence-electron chi connectivity index (χ3n) is 4.20. The minimum Gasteiger partial charge on any atom is -0.495 e. The first kappa shape index (κ1) is 20.8. The van der Waals surface area contributed by atoms with Crippen LogP contribution >= 0.6 is 22.7 Å². The molecule has 0 spiro atoms. The van der Waals surface area contributed by atoms with Gasteiger partial charge < -0.3 is 20.7 Å². The Morgan fingerprint density at radius 3 is 2.58 bits per heavy atom. The number of amides is 2. The topological polar surface area (TPSA) is 92.3 Å². The summed E-state index contributed by atoms with van der Waals surface area (Å²) in [6.07, 6.45) is 0. The Hall–Kier alpha value is -3.50. The van der Waals surface area contributed by atoms with Gasteiger partial charge in [0.05, 0.1) is 28.1 Å². The molecule has 0 atom stereocenters. The Bertz CT molecular complexity index is 1250. The Labute approximate surface area is 184 Å². The second kappa shape index (κ2) is 8.70. The molecule has 158 valence electrons. The maximum absolute atomic E-state index is 13.8. The molecule has 4 aromatic rings. The van der Waals surface area contributed by atoms with Crippen molar-refractivity contribution in [2.75, 3.05) is 23.1 Å². The van der Waals surface area contributed by atoms with E-state index < -0.39 is 11.7 Å². The molecule has 0 saturated heterocycles. The van der Waals surface area contributed by atoms with Gasteiger partial charge in [-0.15, -0.1) is 11.3 Å². The summed E-state index contributed by atoms with van der Waals surface area (Å²) in [5.74, 6) is -0.609. The van der Waals surface area contributed by atoms with E-state index in [4.69, 9.17) is 4.74 Å². The molecule has 0 radical (unpaired) electrons. The molecular formula is C21H17FN4O3S2. The normalized spacial score (nSPS) is 10.7. The first-order valence-corrected chi connectivity index (χ1v) is 10.7. The Kier molecular flexibility index (Phi) is 5.83. The van der Waals surface area contributed by atoms with E-state index in [1.807, 2.05) is 24.3 Å². The minimum absolute atomic E-state index is 0.00573. The number of rotatable bonds is 6. The zero-order chi connectivity index (χ0) is 22.0. The molecular weight excluding hydrogens is 439 g/mol. The zero-order valence-electron chi connectivity index (χ0n) is 16.5. The molecule has 0 aliphatic carbocycles. The van der Waals surface area contributed by atoms with Gasteiger partial charge in [0.25, 0.3) is 5.91 Å². The molecule has 4 rings (SSSR count). The van der Waals surface area contributed by atoms with Gasteiger partial charge in [-0.2, -0.15) is 0 Å². The van der Waals surface area contributed by atoms with Gasteiger partial charge >= 0.3 is 0 Å². The summed E-state index contributed by atoms with van der Waals surface area (Å²) in [5, 5.41) is 9.03. The highest BCUT2D eigenvalue weighted by atomic mass is 32.1. The van der Waals surface area contributed by atoms with Crippen LogP contribution in [-0.2, 0) is 4.79 Å². The number of methoxy groups -OCH3 is 1. The van der Waals surface area contributed by atoms with Gasteiger partial charge in [-0.25, -0.2) is 9.37 Å². The Morgan fingerprint density at radius 1 is 1.03 bits per heavy atom. The van der Waals surface area contributed by atoms with E-state index in [0.717, 1.165) is 15.2 Å². The number of nitrogens with one attached hydrogen (secondary N) is 3. The number of thiazole rings is 1. The van der Waals surface area contributed by atoms with E-state index in [1.165, 1.54) is 47.8 Å². The first-order valence-electron chi connectivity index (χ1n) is 9.12. The van der Waals surface area contributed by atoms with Gasteiger partial charge in [-0.05, 0) is 36.4 Å².